The highest BCUT2D eigenvalue weighted by atomic mass is 16.6. The molecule has 148 valence electrons. The molecule has 6 nitrogen and oxygen atoms in total. The van der Waals surface area contributed by atoms with E-state index in [2.05, 4.69) is 35.2 Å². The summed E-state index contributed by atoms with van der Waals surface area (Å²) >= 11 is 0. The van der Waals surface area contributed by atoms with E-state index in [9.17, 15) is 4.79 Å². The number of para-hydroxylation sites is 2. The maximum Gasteiger partial charge on any atom is 0.311 e. The van der Waals surface area contributed by atoms with E-state index in [0.29, 0.717) is 12.5 Å². The van der Waals surface area contributed by atoms with Gasteiger partial charge in [0.05, 0.1) is 22.6 Å². The number of nitrogens with one attached hydrogen (secondary N) is 2. The van der Waals surface area contributed by atoms with Crippen LogP contribution < -0.4 is 5.32 Å². The summed E-state index contributed by atoms with van der Waals surface area (Å²) in [5.74, 6) is 0.565. The predicted octanol–water partition coefficient (Wildman–Crippen LogP) is 3.81. The number of carbonyl (C=O) groups excluding carboxylic acids is 1. The molecule has 2 fully saturated rings. The van der Waals surface area contributed by atoms with Gasteiger partial charge in [-0.05, 0) is 51.7 Å². The van der Waals surface area contributed by atoms with E-state index in [1.54, 1.807) is 0 Å². The summed E-state index contributed by atoms with van der Waals surface area (Å²) in [5.41, 5.74) is 3.14. The average molecular weight is 381 g/mol. The second-order valence-corrected chi connectivity index (χ2v) is 8.63. The zero-order valence-corrected chi connectivity index (χ0v) is 16.4. The Labute approximate surface area is 164 Å². The van der Waals surface area contributed by atoms with Crippen molar-refractivity contribution in [1.82, 2.24) is 9.97 Å². The van der Waals surface area contributed by atoms with E-state index in [1.807, 2.05) is 24.3 Å². The number of anilines is 1. The van der Waals surface area contributed by atoms with Crippen LogP contribution in [0.25, 0.3) is 11.0 Å². The summed E-state index contributed by atoms with van der Waals surface area (Å²) in [6, 6.07) is 7.91. The Kier molecular flexibility index (Phi) is 4.19. The Morgan fingerprint density at radius 1 is 1.36 bits per heavy atom. The Morgan fingerprint density at radius 3 is 3.07 bits per heavy atom. The van der Waals surface area contributed by atoms with Crippen molar-refractivity contribution in [1.29, 1.82) is 0 Å². The minimum atomic E-state index is -0.182. The Bertz CT molecular complexity index is 903. The zero-order valence-electron chi connectivity index (χ0n) is 16.4. The SMILES string of the molecule is C/C1=C/CC[C@@]2(C)O[C@H]2[C@H]2OC(=O)C(CNc3nc4ccccc4[nH]3)[C@@H]2CC1. The van der Waals surface area contributed by atoms with Crippen molar-refractivity contribution < 1.29 is 14.3 Å². The molecule has 3 heterocycles. The van der Waals surface area contributed by atoms with Gasteiger partial charge in [-0.3, -0.25) is 4.79 Å². The number of epoxide rings is 1. The number of H-pyrrole nitrogens is 1. The Morgan fingerprint density at radius 2 is 2.21 bits per heavy atom. The molecule has 5 rings (SSSR count). The van der Waals surface area contributed by atoms with Gasteiger partial charge in [0.1, 0.15) is 12.2 Å². The van der Waals surface area contributed by atoms with E-state index < -0.39 is 0 Å². The fourth-order valence-corrected chi connectivity index (χ4v) is 4.82. The molecule has 2 aromatic rings. The first kappa shape index (κ1) is 17.7. The number of benzene rings is 1. The number of carbonyl (C=O) groups is 1. The van der Waals surface area contributed by atoms with Crippen LogP contribution in [0.2, 0.25) is 0 Å². The largest absolute Gasteiger partial charge is 0.459 e. The van der Waals surface area contributed by atoms with Crippen LogP contribution in [0.5, 0.6) is 0 Å². The lowest BCUT2D eigenvalue weighted by Crippen LogP contribution is -2.32. The third-order valence-corrected chi connectivity index (χ3v) is 6.62. The zero-order chi connectivity index (χ0) is 19.3. The first-order valence-corrected chi connectivity index (χ1v) is 10.3. The number of hydrogen-bond donors (Lipinski definition) is 2. The summed E-state index contributed by atoms with van der Waals surface area (Å²) in [6.45, 7) is 4.85. The summed E-state index contributed by atoms with van der Waals surface area (Å²) < 4.78 is 11.9. The molecule has 0 saturated carbocycles. The van der Waals surface area contributed by atoms with Gasteiger partial charge in [0.2, 0.25) is 5.95 Å². The lowest BCUT2D eigenvalue weighted by molar-refractivity contribution is -0.144. The quantitative estimate of drug-likeness (QED) is 0.480. The molecule has 5 atom stereocenters. The number of rotatable bonds is 3. The van der Waals surface area contributed by atoms with E-state index in [-0.39, 0.29) is 35.6 Å². The third-order valence-electron chi connectivity index (χ3n) is 6.62. The standard InChI is InChI=1S/C22H27N3O3/c1-13-6-5-11-22(2)19(28-22)18-14(10-9-13)15(20(26)27-18)12-23-21-24-16-7-3-4-8-17(16)25-21/h3-4,6-8,14-15,18-19H,5,9-12H2,1-2H3,(H2,23,24,25)/b13-6-/t14-,15?,18-,19-,22+/m0/s1. The number of fused-ring (bicyclic) bond motifs is 4. The molecule has 2 saturated heterocycles. The molecule has 2 aliphatic heterocycles. The molecule has 1 aliphatic carbocycles. The van der Waals surface area contributed by atoms with Crippen LogP contribution in [0.1, 0.15) is 39.5 Å². The van der Waals surface area contributed by atoms with E-state index in [1.165, 1.54) is 5.57 Å². The molecule has 2 N–H and O–H groups in total. The number of ether oxygens (including phenoxy) is 2. The topological polar surface area (TPSA) is 79.5 Å². The van der Waals surface area contributed by atoms with Gasteiger partial charge >= 0.3 is 5.97 Å². The summed E-state index contributed by atoms with van der Waals surface area (Å²) in [5, 5.41) is 3.33. The fourth-order valence-electron chi connectivity index (χ4n) is 4.82. The van der Waals surface area contributed by atoms with Gasteiger partial charge in [0.25, 0.3) is 0 Å². The number of aromatic amines is 1. The molecule has 0 amide bonds. The van der Waals surface area contributed by atoms with Crippen LogP contribution in [0.4, 0.5) is 5.95 Å². The highest BCUT2D eigenvalue weighted by Gasteiger charge is 2.62. The van der Waals surface area contributed by atoms with Gasteiger partial charge in [-0.15, -0.1) is 0 Å². The van der Waals surface area contributed by atoms with Crippen molar-refractivity contribution >= 4 is 23.0 Å². The predicted molar refractivity (Wildman–Crippen MR) is 107 cm³/mol. The van der Waals surface area contributed by atoms with Crippen LogP contribution in [0.3, 0.4) is 0 Å². The van der Waals surface area contributed by atoms with Crippen molar-refractivity contribution in [2.45, 2.75) is 57.3 Å². The maximum atomic E-state index is 12.7. The number of esters is 1. The lowest BCUT2D eigenvalue weighted by Gasteiger charge is -2.22. The number of hydrogen-bond acceptors (Lipinski definition) is 5. The van der Waals surface area contributed by atoms with Crippen LogP contribution in [0, 0.1) is 11.8 Å². The summed E-state index contributed by atoms with van der Waals surface area (Å²) in [4.78, 5) is 20.5. The summed E-state index contributed by atoms with van der Waals surface area (Å²) in [6.07, 6.45) is 6.18. The Hall–Kier alpha value is -2.34. The molecular formula is C22H27N3O3. The molecular weight excluding hydrogens is 354 g/mol. The molecule has 1 aromatic carbocycles. The van der Waals surface area contributed by atoms with Gasteiger partial charge in [-0.25, -0.2) is 4.98 Å². The molecule has 6 heteroatoms. The van der Waals surface area contributed by atoms with Crippen LogP contribution >= 0.6 is 0 Å². The monoisotopic (exact) mass is 381 g/mol. The third kappa shape index (κ3) is 3.09. The minimum Gasteiger partial charge on any atom is -0.459 e. The second-order valence-electron chi connectivity index (χ2n) is 8.63. The average Bonchev–Trinajstić information content (AvgIpc) is 3.02. The molecule has 0 spiro atoms. The van der Waals surface area contributed by atoms with E-state index >= 15 is 0 Å². The first-order valence-electron chi connectivity index (χ1n) is 10.3. The van der Waals surface area contributed by atoms with E-state index in [0.717, 1.165) is 36.7 Å². The van der Waals surface area contributed by atoms with Crippen molar-refractivity contribution in [2.24, 2.45) is 11.8 Å². The number of imidazole rings is 1. The maximum absolute atomic E-state index is 12.7. The first-order chi connectivity index (χ1) is 13.5. The van der Waals surface area contributed by atoms with Crippen LogP contribution in [-0.2, 0) is 14.3 Å². The molecule has 1 unspecified atom stereocenters. The fraction of sp³-hybridized carbons (Fsp3) is 0.545. The minimum absolute atomic E-state index is 0.0319. The van der Waals surface area contributed by atoms with Crippen LogP contribution in [0.15, 0.2) is 35.9 Å². The van der Waals surface area contributed by atoms with Crippen molar-refractivity contribution in [3.05, 3.63) is 35.9 Å². The van der Waals surface area contributed by atoms with Crippen molar-refractivity contribution in [2.75, 3.05) is 11.9 Å². The highest BCUT2D eigenvalue weighted by molar-refractivity contribution is 5.78. The van der Waals surface area contributed by atoms with Crippen molar-refractivity contribution in [3.63, 3.8) is 0 Å². The van der Waals surface area contributed by atoms with Gasteiger partial charge in [0, 0.05) is 12.5 Å². The van der Waals surface area contributed by atoms with Gasteiger partial charge in [0.15, 0.2) is 0 Å². The normalized spacial score (nSPS) is 36.8. The van der Waals surface area contributed by atoms with Crippen molar-refractivity contribution in [3.8, 4) is 0 Å². The second kappa shape index (κ2) is 6.62. The molecule has 28 heavy (non-hydrogen) atoms. The Balaban J connectivity index is 1.34. The van der Waals surface area contributed by atoms with Gasteiger partial charge in [-0.2, -0.15) is 0 Å². The molecule has 0 radical (unpaired) electrons. The smallest absolute Gasteiger partial charge is 0.311 e. The molecule has 0 bridgehead atoms. The highest BCUT2D eigenvalue weighted by Crippen LogP contribution is 2.50. The van der Waals surface area contributed by atoms with Gasteiger partial charge in [-0.1, -0.05) is 23.8 Å². The van der Waals surface area contributed by atoms with Gasteiger partial charge < -0.3 is 19.8 Å². The summed E-state index contributed by atoms with van der Waals surface area (Å²) in [7, 11) is 0. The number of aromatic nitrogens is 2. The number of allylic oxidation sites excluding steroid dienone is 2. The molecule has 1 aromatic heterocycles. The van der Waals surface area contributed by atoms with E-state index in [4.69, 9.17) is 9.47 Å². The molecule has 3 aliphatic rings. The van der Waals surface area contributed by atoms with Crippen LogP contribution in [-0.4, -0.2) is 40.3 Å². The lowest BCUT2D eigenvalue weighted by atomic mass is 9.80. The number of nitrogens with zero attached hydrogens (tertiary/aromatic N) is 1.